The highest BCUT2D eigenvalue weighted by Crippen LogP contribution is 2.22. The van der Waals surface area contributed by atoms with Gasteiger partial charge in [-0.2, -0.15) is 0 Å². The van der Waals surface area contributed by atoms with Crippen molar-refractivity contribution in [2.24, 2.45) is 0 Å². The molecule has 1 amide bonds. The van der Waals surface area contributed by atoms with Crippen LogP contribution in [0.25, 0.3) is 6.08 Å². The number of hydrogen-bond donors (Lipinski definition) is 1. The second kappa shape index (κ2) is 8.29. The van der Waals surface area contributed by atoms with Gasteiger partial charge in [-0.05, 0) is 55.2 Å². The molecule has 3 rings (SSSR count). The number of non-ortho nitro benzene ring substituents is 1. The molecule has 2 aromatic carbocycles. The minimum absolute atomic E-state index is 0.000796. The molecule has 0 bridgehead atoms. The van der Waals surface area contributed by atoms with E-state index in [0.29, 0.717) is 5.56 Å². The Kier molecular flexibility index (Phi) is 5.63. The molecule has 6 heteroatoms. The van der Waals surface area contributed by atoms with Gasteiger partial charge < -0.3 is 10.2 Å². The SMILES string of the molecule is O=C(C=Cc1cccc([N+](=O)[O-])c1)Nc1ccc(N2CCCCC2)cc1. The van der Waals surface area contributed by atoms with E-state index in [-0.39, 0.29) is 11.6 Å². The molecule has 134 valence electrons. The van der Waals surface area contributed by atoms with Crippen LogP contribution in [0, 0.1) is 10.1 Å². The minimum atomic E-state index is -0.457. The molecule has 1 saturated heterocycles. The predicted molar refractivity (Wildman–Crippen MR) is 103 cm³/mol. The van der Waals surface area contributed by atoms with E-state index >= 15 is 0 Å². The summed E-state index contributed by atoms with van der Waals surface area (Å²) in [5.41, 5.74) is 2.50. The Morgan fingerprint density at radius 3 is 2.50 bits per heavy atom. The standard InChI is InChI=1S/C20H21N3O3/c24-20(12-7-16-5-4-6-19(15-16)23(25)26)21-17-8-10-18(11-9-17)22-13-2-1-3-14-22/h4-12,15H,1-3,13-14H2,(H,21,24). The zero-order valence-corrected chi connectivity index (χ0v) is 14.4. The first-order valence-corrected chi connectivity index (χ1v) is 8.70. The maximum absolute atomic E-state index is 12.0. The fraction of sp³-hybridized carbons (Fsp3) is 0.250. The van der Waals surface area contributed by atoms with E-state index in [0.717, 1.165) is 18.8 Å². The summed E-state index contributed by atoms with van der Waals surface area (Å²) >= 11 is 0. The van der Waals surface area contributed by atoms with Crippen molar-refractivity contribution in [3.8, 4) is 0 Å². The van der Waals surface area contributed by atoms with E-state index in [9.17, 15) is 14.9 Å². The van der Waals surface area contributed by atoms with E-state index in [4.69, 9.17) is 0 Å². The average molecular weight is 351 g/mol. The number of nitrogens with zero attached hydrogens (tertiary/aromatic N) is 2. The fourth-order valence-corrected chi connectivity index (χ4v) is 3.01. The van der Waals surface area contributed by atoms with Crippen molar-refractivity contribution < 1.29 is 9.72 Å². The summed E-state index contributed by atoms with van der Waals surface area (Å²) in [4.78, 5) is 24.7. The van der Waals surface area contributed by atoms with Crippen LogP contribution < -0.4 is 10.2 Å². The third-order valence-corrected chi connectivity index (χ3v) is 4.36. The highest BCUT2D eigenvalue weighted by Gasteiger charge is 2.10. The van der Waals surface area contributed by atoms with Crippen molar-refractivity contribution in [1.82, 2.24) is 0 Å². The van der Waals surface area contributed by atoms with Gasteiger partial charge in [0.2, 0.25) is 5.91 Å². The molecule has 1 heterocycles. The average Bonchev–Trinajstić information content (AvgIpc) is 2.68. The second-order valence-corrected chi connectivity index (χ2v) is 6.27. The molecule has 0 spiro atoms. The highest BCUT2D eigenvalue weighted by molar-refractivity contribution is 6.02. The molecule has 1 N–H and O–H groups in total. The first-order valence-electron chi connectivity index (χ1n) is 8.70. The fourth-order valence-electron chi connectivity index (χ4n) is 3.01. The van der Waals surface area contributed by atoms with Crippen LogP contribution in [-0.4, -0.2) is 23.9 Å². The summed E-state index contributed by atoms with van der Waals surface area (Å²) in [6.45, 7) is 2.16. The molecule has 6 nitrogen and oxygen atoms in total. The molecule has 1 aliphatic rings. The zero-order chi connectivity index (χ0) is 18.4. The minimum Gasteiger partial charge on any atom is -0.372 e. The molecule has 0 saturated carbocycles. The van der Waals surface area contributed by atoms with Crippen LogP contribution in [-0.2, 0) is 4.79 Å². The van der Waals surface area contributed by atoms with Crippen LogP contribution in [0.5, 0.6) is 0 Å². The number of nitrogens with one attached hydrogen (secondary N) is 1. The Balaban J connectivity index is 1.59. The van der Waals surface area contributed by atoms with Gasteiger partial charge >= 0.3 is 0 Å². The molecule has 0 aromatic heterocycles. The molecule has 0 aliphatic carbocycles. The molecule has 0 atom stereocenters. The van der Waals surface area contributed by atoms with Gasteiger partial charge in [0.05, 0.1) is 4.92 Å². The van der Waals surface area contributed by atoms with Crippen LogP contribution in [0.15, 0.2) is 54.6 Å². The maximum atomic E-state index is 12.0. The normalized spacial score (nSPS) is 14.4. The Bertz CT molecular complexity index is 809. The number of hydrogen-bond acceptors (Lipinski definition) is 4. The van der Waals surface area contributed by atoms with Gasteiger partial charge in [-0.3, -0.25) is 14.9 Å². The number of amides is 1. The summed E-state index contributed by atoms with van der Waals surface area (Å²) in [7, 11) is 0. The first-order chi connectivity index (χ1) is 12.6. The van der Waals surface area contributed by atoms with Crippen molar-refractivity contribution in [3.05, 3.63) is 70.3 Å². The smallest absolute Gasteiger partial charge is 0.270 e. The summed E-state index contributed by atoms with van der Waals surface area (Å²) in [5.74, 6) is -0.276. The number of carbonyl (C=O) groups is 1. The number of nitro groups is 1. The van der Waals surface area contributed by atoms with Crippen LogP contribution in [0.3, 0.4) is 0 Å². The van der Waals surface area contributed by atoms with Crippen LogP contribution in [0.2, 0.25) is 0 Å². The highest BCUT2D eigenvalue weighted by atomic mass is 16.6. The number of nitro benzene ring substituents is 1. The summed E-state index contributed by atoms with van der Waals surface area (Å²) in [6, 6.07) is 14.0. The van der Waals surface area contributed by atoms with E-state index in [2.05, 4.69) is 10.2 Å². The second-order valence-electron chi connectivity index (χ2n) is 6.27. The van der Waals surface area contributed by atoms with Crippen molar-refractivity contribution in [2.45, 2.75) is 19.3 Å². The number of anilines is 2. The Morgan fingerprint density at radius 1 is 1.08 bits per heavy atom. The number of benzene rings is 2. The first kappa shape index (κ1) is 17.7. The van der Waals surface area contributed by atoms with Gasteiger partial charge in [0, 0.05) is 42.7 Å². The lowest BCUT2D eigenvalue weighted by atomic mass is 10.1. The topological polar surface area (TPSA) is 75.5 Å². The third kappa shape index (κ3) is 4.69. The summed E-state index contributed by atoms with van der Waals surface area (Å²) < 4.78 is 0. The van der Waals surface area contributed by atoms with Crippen molar-refractivity contribution in [1.29, 1.82) is 0 Å². The van der Waals surface area contributed by atoms with Crippen molar-refractivity contribution in [3.63, 3.8) is 0 Å². The van der Waals surface area contributed by atoms with Gasteiger partial charge in [-0.25, -0.2) is 0 Å². The molecule has 1 aliphatic heterocycles. The van der Waals surface area contributed by atoms with Crippen LogP contribution >= 0.6 is 0 Å². The van der Waals surface area contributed by atoms with E-state index in [1.807, 2.05) is 24.3 Å². The zero-order valence-electron chi connectivity index (χ0n) is 14.4. The van der Waals surface area contributed by atoms with Crippen LogP contribution in [0.4, 0.5) is 17.1 Å². The predicted octanol–water partition coefficient (Wildman–Crippen LogP) is 4.24. The molecule has 0 radical (unpaired) electrons. The summed E-state index contributed by atoms with van der Waals surface area (Å²) in [6.07, 6.45) is 6.67. The lowest BCUT2D eigenvalue weighted by Crippen LogP contribution is -2.29. The van der Waals surface area contributed by atoms with Gasteiger partial charge in [-0.1, -0.05) is 12.1 Å². The molecular formula is C20H21N3O3. The molecule has 2 aromatic rings. The van der Waals surface area contributed by atoms with Gasteiger partial charge in [-0.15, -0.1) is 0 Å². The monoisotopic (exact) mass is 351 g/mol. The van der Waals surface area contributed by atoms with E-state index < -0.39 is 4.92 Å². The number of piperidine rings is 1. The quantitative estimate of drug-likeness (QED) is 0.497. The molecular weight excluding hydrogens is 330 g/mol. The van der Waals surface area contributed by atoms with Crippen molar-refractivity contribution >= 4 is 29.0 Å². The summed E-state index contributed by atoms with van der Waals surface area (Å²) in [5, 5.41) is 13.6. The van der Waals surface area contributed by atoms with Gasteiger partial charge in [0.1, 0.15) is 0 Å². The van der Waals surface area contributed by atoms with Crippen LogP contribution in [0.1, 0.15) is 24.8 Å². The largest absolute Gasteiger partial charge is 0.372 e. The molecule has 1 fully saturated rings. The number of carbonyl (C=O) groups excluding carboxylic acids is 1. The Morgan fingerprint density at radius 2 is 1.81 bits per heavy atom. The maximum Gasteiger partial charge on any atom is 0.270 e. The lowest BCUT2D eigenvalue weighted by Gasteiger charge is -2.28. The van der Waals surface area contributed by atoms with Crippen molar-refractivity contribution in [2.75, 3.05) is 23.3 Å². The van der Waals surface area contributed by atoms with E-state index in [1.165, 1.54) is 43.2 Å². The molecule has 26 heavy (non-hydrogen) atoms. The Labute approximate surface area is 152 Å². The third-order valence-electron chi connectivity index (χ3n) is 4.36. The Hall–Kier alpha value is -3.15. The molecule has 0 unspecified atom stereocenters. The van der Waals surface area contributed by atoms with Gasteiger partial charge in [0.15, 0.2) is 0 Å². The van der Waals surface area contributed by atoms with E-state index in [1.54, 1.807) is 18.2 Å². The number of rotatable bonds is 5. The van der Waals surface area contributed by atoms with Gasteiger partial charge in [0.25, 0.3) is 5.69 Å². The lowest BCUT2D eigenvalue weighted by molar-refractivity contribution is -0.384.